The van der Waals surface area contributed by atoms with Crippen molar-refractivity contribution in [3.8, 4) is 0 Å². The first-order valence-corrected chi connectivity index (χ1v) is 8.97. The molecule has 0 fully saturated rings. The Kier molecular flexibility index (Phi) is 5.16. The Labute approximate surface area is 149 Å². The number of carbonyl (C=O) groups is 2. The molecule has 5 nitrogen and oxygen atoms in total. The number of aromatic nitrogens is 1. The van der Waals surface area contributed by atoms with Crippen molar-refractivity contribution >= 4 is 40.6 Å². The number of anilines is 1. The minimum atomic E-state index is -0.908. The summed E-state index contributed by atoms with van der Waals surface area (Å²) in [4.78, 5) is 30.2. The Hall–Kier alpha value is -1.92. The van der Waals surface area contributed by atoms with Crippen LogP contribution in [0.15, 0.2) is 24.4 Å². The molecule has 0 spiro atoms. The van der Waals surface area contributed by atoms with Crippen molar-refractivity contribution in [2.75, 3.05) is 5.32 Å². The number of rotatable bonds is 4. The van der Waals surface area contributed by atoms with Gasteiger partial charge in [-0.1, -0.05) is 11.6 Å². The fraction of sp³-hybridized carbons (Fsp3) is 0.353. The van der Waals surface area contributed by atoms with Crippen LogP contribution in [-0.4, -0.2) is 23.0 Å². The third-order valence-corrected chi connectivity index (χ3v) is 5.27. The summed E-state index contributed by atoms with van der Waals surface area (Å²) in [5.41, 5.74) is 1.24. The highest BCUT2D eigenvalue weighted by atomic mass is 35.5. The van der Waals surface area contributed by atoms with Crippen LogP contribution in [-0.2, 0) is 22.4 Å². The quantitative estimate of drug-likeness (QED) is 0.836. The van der Waals surface area contributed by atoms with E-state index in [1.807, 2.05) is 6.07 Å². The number of nitrogens with zero attached hydrogens (tertiary/aromatic N) is 1. The number of halogens is 1. The second-order valence-corrected chi connectivity index (χ2v) is 7.24. The van der Waals surface area contributed by atoms with Crippen LogP contribution in [0.3, 0.4) is 0 Å². The number of fused-ring (bicyclic) bond motifs is 1. The molecule has 0 aromatic carbocycles. The van der Waals surface area contributed by atoms with E-state index in [2.05, 4.69) is 10.3 Å². The zero-order valence-corrected chi connectivity index (χ0v) is 14.7. The molecule has 0 unspecified atom stereocenters. The van der Waals surface area contributed by atoms with E-state index in [1.165, 1.54) is 34.9 Å². The fourth-order valence-electron chi connectivity index (χ4n) is 2.54. The summed E-state index contributed by atoms with van der Waals surface area (Å²) in [7, 11) is 0. The maximum atomic E-state index is 12.2. The molecule has 0 saturated heterocycles. The van der Waals surface area contributed by atoms with Crippen LogP contribution in [0.2, 0.25) is 5.02 Å². The second-order valence-electron chi connectivity index (χ2n) is 5.66. The molecule has 0 saturated carbocycles. The van der Waals surface area contributed by atoms with Crippen LogP contribution < -0.4 is 5.32 Å². The van der Waals surface area contributed by atoms with Gasteiger partial charge in [0.15, 0.2) is 6.10 Å². The molecular weight excluding hydrogens is 348 g/mol. The van der Waals surface area contributed by atoms with Crippen LogP contribution in [0.25, 0.3) is 0 Å². The molecule has 7 heteroatoms. The molecule has 2 heterocycles. The van der Waals surface area contributed by atoms with Crippen molar-refractivity contribution in [1.82, 2.24) is 4.98 Å². The number of hydrogen-bond donors (Lipinski definition) is 1. The molecule has 126 valence electrons. The first-order valence-electron chi connectivity index (χ1n) is 7.78. The Balaban J connectivity index is 1.60. The Morgan fingerprint density at radius 1 is 1.33 bits per heavy atom. The number of aryl methyl sites for hydroxylation is 2. The first kappa shape index (κ1) is 16.9. The smallest absolute Gasteiger partial charge is 0.349 e. The molecule has 1 aliphatic rings. The number of ether oxygens (including phenoxy) is 1. The number of amides is 1. The van der Waals surface area contributed by atoms with Gasteiger partial charge < -0.3 is 10.1 Å². The molecule has 1 N–H and O–H groups in total. The molecule has 3 rings (SSSR count). The van der Waals surface area contributed by atoms with Crippen molar-refractivity contribution in [2.45, 2.75) is 38.7 Å². The maximum Gasteiger partial charge on any atom is 0.349 e. The first-order chi connectivity index (χ1) is 11.5. The molecule has 0 radical (unpaired) electrons. The van der Waals surface area contributed by atoms with E-state index in [9.17, 15) is 9.59 Å². The van der Waals surface area contributed by atoms with Crippen molar-refractivity contribution in [2.24, 2.45) is 0 Å². The van der Waals surface area contributed by atoms with Gasteiger partial charge in [-0.25, -0.2) is 9.78 Å². The highest BCUT2D eigenvalue weighted by Gasteiger charge is 2.23. The summed E-state index contributed by atoms with van der Waals surface area (Å²) in [6.07, 6.45) is 4.88. The van der Waals surface area contributed by atoms with E-state index in [4.69, 9.17) is 16.3 Å². The fourth-order valence-corrected chi connectivity index (χ4v) is 3.79. The Morgan fingerprint density at radius 2 is 2.12 bits per heavy atom. The van der Waals surface area contributed by atoms with Gasteiger partial charge in [0.05, 0.1) is 5.02 Å². The van der Waals surface area contributed by atoms with Crippen LogP contribution in [0.5, 0.6) is 0 Å². The van der Waals surface area contributed by atoms with E-state index in [0.717, 1.165) is 25.7 Å². The minimum absolute atomic E-state index is 0.360. The predicted molar refractivity (Wildman–Crippen MR) is 93.7 cm³/mol. The van der Waals surface area contributed by atoms with Crippen LogP contribution in [0.1, 0.15) is 39.9 Å². The number of pyridine rings is 1. The molecule has 0 aliphatic heterocycles. The summed E-state index contributed by atoms with van der Waals surface area (Å²) in [5, 5.41) is 3.07. The zero-order valence-electron chi connectivity index (χ0n) is 13.2. The summed E-state index contributed by atoms with van der Waals surface area (Å²) >= 11 is 7.22. The minimum Gasteiger partial charge on any atom is -0.448 e. The van der Waals surface area contributed by atoms with Gasteiger partial charge >= 0.3 is 5.97 Å². The predicted octanol–water partition coefficient (Wildman–Crippen LogP) is 3.86. The number of carbonyl (C=O) groups excluding carboxylic acids is 2. The Morgan fingerprint density at radius 3 is 2.83 bits per heavy atom. The summed E-state index contributed by atoms with van der Waals surface area (Å²) in [6.45, 7) is 1.54. The van der Waals surface area contributed by atoms with E-state index in [-0.39, 0.29) is 0 Å². The van der Waals surface area contributed by atoms with E-state index >= 15 is 0 Å². The van der Waals surface area contributed by atoms with Crippen LogP contribution in [0.4, 0.5) is 5.82 Å². The lowest BCUT2D eigenvalue weighted by Crippen LogP contribution is -2.30. The highest BCUT2D eigenvalue weighted by molar-refractivity contribution is 7.14. The summed E-state index contributed by atoms with van der Waals surface area (Å²) in [5.74, 6) is -0.528. The number of esters is 1. The summed E-state index contributed by atoms with van der Waals surface area (Å²) in [6, 6.07) is 5.10. The van der Waals surface area contributed by atoms with Crippen molar-refractivity contribution in [1.29, 1.82) is 0 Å². The monoisotopic (exact) mass is 364 g/mol. The van der Waals surface area contributed by atoms with Gasteiger partial charge in [-0.3, -0.25) is 4.79 Å². The third kappa shape index (κ3) is 3.94. The average molecular weight is 365 g/mol. The van der Waals surface area contributed by atoms with E-state index in [0.29, 0.717) is 15.7 Å². The van der Waals surface area contributed by atoms with Gasteiger partial charge in [-0.2, -0.15) is 0 Å². The molecule has 24 heavy (non-hydrogen) atoms. The standard InChI is InChI=1S/C17H17ClN2O3S/c1-10(16(21)20-15-7-6-12(18)9-19-15)23-17(22)14-8-11-4-2-3-5-13(11)24-14/h6-10H,2-5H2,1H3,(H,19,20,21)/t10-/m1/s1. The lowest BCUT2D eigenvalue weighted by Gasteiger charge is -2.12. The van der Waals surface area contributed by atoms with Crippen molar-refractivity contribution < 1.29 is 14.3 Å². The molecule has 1 amide bonds. The molecule has 1 atom stereocenters. The van der Waals surface area contributed by atoms with Gasteiger partial charge in [-0.05, 0) is 56.4 Å². The van der Waals surface area contributed by atoms with Gasteiger partial charge in [-0.15, -0.1) is 11.3 Å². The van der Waals surface area contributed by atoms with E-state index < -0.39 is 18.0 Å². The highest BCUT2D eigenvalue weighted by Crippen LogP contribution is 2.30. The summed E-state index contributed by atoms with van der Waals surface area (Å²) < 4.78 is 5.28. The second kappa shape index (κ2) is 7.32. The molecule has 1 aliphatic carbocycles. The third-order valence-electron chi connectivity index (χ3n) is 3.83. The number of thiophene rings is 1. The number of hydrogen-bond acceptors (Lipinski definition) is 5. The van der Waals surface area contributed by atoms with Gasteiger partial charge in [0.1, 0.15) is 10.7 Å². The number of nitrogens with one attached hydrogen (secondary N) is 1. The zero-order chi connectivity index (χ0) is 17.1. The van der Waals surface area contributed by atoms with Gasteiger partial charge in [0.25, 0.3) is 5.91 Å². The molecular formula is C17H17ClN2O3S. The van der Waals surface area contributed by atoms with Crippen molar-refractivity contribution in [3.05, 3.63) is 44.7 Å². The lowest BCUT2D eigenvalue weighted by molar-refractivity contribution is -0.123. The molecule has 2 aromatic rings. The normalized spacial score (nSPS) is 14.6. The van der Waals surface area contributed by atoms with Crippen LogP contribution >= 0.6 is 22.9 Å². The largest absolute Gasteiger partial charge is 0.448 e. The SMILES string of the molecule is C[C@@H](OC(=O)c1cc2c(s1)CCCC2)C(=O)Nc1ccc(Cl)cn1. The maximum absolute atomic E-state index is 12.2. The van der Waals surface area contributed by atoms with Crippen LogP contribution in [0, 0.1) is 0 Å². The van der Waals surface area contributed by atoms with E-state index in [1.54, 1.807) is 12.1 Å². The molecule has 0 bridgehead atoms. The van der Waals surface area contributed by atoms with Gasteiger partial charge in [0.2, 0.25) is 0 Å². The average Bonchev–Trinajstić information content (AvgIpc) is 3.01. The lowest BCUT2D eigenvalue weighted by atomic mass is 9.99. The van der Waals surface area contributed by atoms with Gasteiger partial charge in [0, 0.05) is 11.1 Å². The topological polar surface area (TPSA) is 68.3 Å². The Bertz CT molecular complexity index is 734. The van der Waals surface area contributed by atoms with Crippen molar-refractivity contribution in [3.63, 3.8) is 0 Å². The molecule has 2 aromatic heterocycles.